The van der Waals surface area contributed by atoms with E-state index >= 15 is 0 Å². The molecule has 0 spiro atoms. The highest BCUT2D eigenvalue weighted by Crippen LogP contribution is 2.25. The number of hydrogen-bond donors (Lipinski definition) is 2. The quantitative estimate of drug-likeness (QED) is 0.623. The maximum Gasteiger partial charge on any atom is 0.188 e. The van der Waals surface area contributed by atoms with Crippen LogP contribution in [0.25, 0.3) is 0 Å². The number of furan rings is 1. The molecular weight excluding hydrogens is 264 g/mol. The van der Waals surface area contributed by atoms with Gasteiger partial charge >= 0.3 is 0 Å². The number of nitrogens with two attached hydrogens (primary N) is 1. The molecule has 1 aromatic heterocycles. The fourth-order valence-electron chi connectivity index (χ4n) is 2.63. The molecule has 0 aliphatic carbocycles. The van der Waals surface area contributed by atoms with E-state index in [0.29, 0.717) is 11.9 Å². The minimum atomic E-state index is 0.231. The Morgan fingerprint density at radius 3 is 2.67 bits per heavy atom. The van der Waals surface area contributed by atoms with Crippen molar-refractivity contribution in [2.75, 3.05) is 26.2 Å². The first kappa shape index (κ1) is 15.9. The van der Waals surface area contributed by atoms with Gasteiger partial charge in [-0.3, -0.25) is 9.89 Å². The Bertz CT molecular complexity index is 461. The van der Waals surface area contributed by atoms with Crippen LogP contribution in [-0.2, 0) is 0 Å². The molecule has 5 nitrogen and oxygen atoms in total. The molecule has 1 atom stereocenters. The predicted octanol–water partition coefficient (Wildman–Crippen LogP) is 2.29. The first-order valence-electron chi connectivity index (χ1n) is 7.90. The molecule has 3 N–H and O–H groups in total. The van der Waals surface area contributed by atoms with E-state index < -0.39 is 0 Å². The van der Waals surface area contributed by atoms with E-state index in [1.54, 1.807) is 0 Å². The lowest BCUT2D eigenvalue weighted by Crippen LogP contribution is -2.40. The Kier molecular flexibility index (Phi) is 5.67. The molecule has 1 unspecified atom stereocenters. The van der Waals surface area contributed by atoms with Crippen LogP contribution in [0.5, 0.6) is 0 Å². The SMILES string of the molecule is Cc1ccc(C(CNC(N)=NCC(C)C)N2CCCC2)o1. The summed E-state index contributed by atoms with van der Waals surface area (Å²) in [5, 5.41) is 3.25. The lowest BCUT2D eigenvalue weighted by atomic mass is 10.2. The lowest BCUT2D eigenvalue weighted by Gasteiger charge is -2.26. The number of nitrogens with zero attached hydrogens (tertiary/aromatic N) is 2. The van der Waals surface area contributed by atoms with E-state index in [1.807, 2.05) is 13.0 Å². The number of hydrogen-bond acceptors (Lipinski definition) is 3. The third-order valence-electron chi connectivity index (χ3n) is 3.77. The molecular formula is C16H28N4O. The van der Waals surface area contributed by atoms with Crippen molar-refractivity contribution in [2.24, 2.45) is 16.6 Å². The standard InChI is InChI=1S/C16H28N4O/c1-12(2)10-18-16(17)19-11-14(20-8-4-5-9-20)15-7-6-13(3)21-15/h6-7,12,14H,4-5,8-11H2,1-3H3,(H3,17,18,19). The van der Waals surface area contributed by atoms with Gasteiger partial charge < -0.3 is 15.5 Å². The van der Waals surface area contributed by atoms with Crippen LogP contribution in [0.4, 0.5) is 0 Å². The minimum absolute atomic E-state index is 0.231. The van der Waals surface area contributed by atoms with Crippen LogP contribution in [0.3, 0.4) is 0 Å². The fraction of sp³-hybridized carbons (Fsp3) is 0.688. The second-order valence-corrected chi connectivity index (χ2v) is 6.21. The van der Waals surface area contributed by atoms with Crippen LogP contribution in [0.1, 0.15) is 44.3 Å². The van der Waals surface area contributed by atoms with Crippen molar-refractivity contribution in [1.82, 2.24) is 10.2 Å². The molecule has 1 aliphatic heterocycles. The first-order valence-corrected chi connectivity index (χ1v) is 7.90. The summed E-state index contributed by atoms with van der Waals surface area (Å²) in [7, 11) is 0. The van der Waals surface area contributed by atoms with E-state index in [1.165, 1.54) is 12.8 Å². The van der Waals surface area contributed by atoms with Crippen LogP contribution in [0, 0.1) is 12.8 Å². The van der Waals surface area contributed by atoms with Gasteiger partial charge in [-0.15, -0.1) is 0 Å². The van der Waals surface area contributed by atoms with Crippen molar-refractivity contribution < 1.29 is 4.42 Å². The Morgan fingerprint density at radius 1 is 1.38 bits per heavy atom. The zero-order chi connectivity index (χ0) is 15.2. The Labute approximate surface area is 127 Å². The van der Waals surface area contributed by atoms with Gasteiger partial charge in [-0.1, -0.05) is 13.8 Å². The van der Waals surface area contributed by atoms with Crippen LogP contribution in [-0.4, -0.2) is 37.0 Å². The van der Waals surface area contributed by atoms with Gasteiger partial charge in [-0.25, -0.2) is 0 Å². The van der Waals surface area contributed by atoms with Crippen molar-refractivity contribution >= 4 is 5.96 Å². The summed E-state index contributed by atoms with van der Waals surface area (Å²) in [6, 6.07) is 4.32. The van der Waals surface area contributed by atoms with E-state index in [9.17, 15) is 0 Å². The highest BCUT2D eigenvalue weighted by Gasteiger charge is 2.25. The van der Waals surface area contributed by atoms with Gasteiger partial charge in [-0.2, -0.15) is 0 Å². The van der Waals surface area contributed by atoms with Gasteiger partial charge in [0.15, 0.2) is 5.96 Å². The summed E-state index contributed by atoms with van der Waals surface area (Å²) in [5.74, 6) is 3.01. The molecule has 0 amide bonds. The van der Waals surface area contributed by atoms with Gasteiger partial charge in [0.1, 0.15) is 11.5 Å². The molecule has 1 aromatic rings. The molecule has 21 heavy (non-hydrogen) atoms. The fourth-order valence-corrected chi connectivity index (χ4v) is 2.63. The van der Waals surface area contributed by atoms with Gasteiger partial charge in [0.05, 0.1) is 6.04 Å². The number of aryl methyl sites for hydroxylation is 1. The summed E-state index contributed by atoms with van der Waals surface area (Å²) in [4.78, 5) is 6.81. The monoisotopic (exact) mass is 292 g/mol. The van der Waals surface area contributed by atoms with E-state index in [4.69, 9.17) is 10.2 Å². The maximum absolute atomic E-state index is 5.94. The number of aliphatic imine (C=N–C) groups is 1. The van der Waals surface area contributed by atoms with Crippen molar-refractivity contribution in [3.05, 3.63) is 23.7 Å². The molecule has 0 aromatic carbocycles. The topological polar surface area (TPSA) is 66.8 Å². The summed E-state index contributed by atoms with van der Waals surface area (Å²) >= 11 is 0. The number of likely N-dealkylation sites (tertiary alicyclic amines) is 1. The second kappa shape index (κ2) is 7.50. The second-order valence-electron chi connectivity index (χ2n) is 6.21. The predicted molar refractivity (Wildman–Crippen MR) is 86.3 cm³/mol. The highest BCUT2D eigenvalue weighted by molar-refractivity contribution is 5.77. The highest BCUT2D eigenvalue weighted by atomic mass is 16.3. The maximum atomic E-state index is 5.94. The van der Waals surface area contributed by atoms with E-state index in [-0.39, 0.29) is 6.04 Å². The van der Waals surface area contributed by atoms with Gasteiger partial charge in [-0.05, 0) is 50.9 Å². The number of guanidine groups is 1. The van der Waals surface area contributed by atoms with Gasteiger partial charge in [0.25, 0.3) is 0 Å². The number of nitrogens with one attached hydrogen (secondary N) is 1. The smallest absolute Gasteiger partial charge is 0.188 e. The number of rotatable bonds is 6. The Hall–Kier alpha value is -1.49. The molecule has 5 heteroatoms. The lowest BCUT2D eigenvalue weighted by molar-refractivity contribution is 0.214. The van der Waals surface area contributed by atoms with Crippen molar-refractivity contribution in [2.45, 2.75) is 39.7 Å². The molecule has 2 heterocycles. The summed E-state index contributed by atoms with van der Waals surface area (Å²) in [6.45, 7) is 9.99. The average molecular weight is 292 g/mol. The van der Waals surface area contributed by atoms with Crippen LogP contribution in [0.2, 0.25) is 0 Å². The Morgan fingerprint density at radius 2 is 2.10 bits per heavy atom. The zero-order valence-electron chi connectivity index (χ0n) is 13.4. The molecule has 0 saturated carbocycles. The van der Waals surface area contributed by atoms with Crippen molar-refractivity contribution in [3.63, 3.8) is 0 Å². The largest absolute Gasteiger partial charge is 0.465 e. The third kappa shape index (κ3) is 4.77. The molecule has 1 saturated heterocycles. The zero-order valence-corrected chi connectivity index (χ0v) is 13.4. The minimum Gasteiger partial charge on any atom is -0.465 e. The first-order chi connectivity index (χ1) is 10.1. The van der Waals surface area contributed by atoms with Crippen molar-refractivity contribution in [1.29, 1.82) is 0 Å². The van der Waals surface area contributed by atoms with Crippen LogP contribution in [0.15, 0.2) is 21.5 Å². The van der Waals surface area contributed by atoms with Gasteiger partial charge in [0, 0.05) is 13.1 Å². The molecule has 1 aliphatic rings. The van der Waals surface area contributed by atoms with Gasteiger partial charge in [0.2, 0.25) is 0 Å². The molecule has 0 bridgehead atoms. The third-order valence-corrected chi connectivity index (χ3v) is 3.77. The molecule has 1 fully saturated rings. The van der Waals surface area contributed by atoms with E-state index in [0.717, 1.165) is 37.7 Å². The normalized spacial score (nSPS) is 18.4. The van der Waals surface area contributed by atoms with Crippen molar-refractivity contribution in [3.8, 4) is 0 Å². The van der Waals surface area contributed by atoms with Crippen LogP contribution < -0.4 is 11.1 Å². The molecule has 118 valence electrons. The summed E-state index contributed by atoms with van der Waals surface area (Å²) in [6.07, 6.45) is 2.51. The van der Waals surface area contributed by atoms with E-state index in [2.05, 4.69) is 35.1 Å². The molecule has 2 rings (SSSR count). The average Bonchev–Trinajstić information content (AvgIpc) is 3.09. The summed E-state index contributed by atoms with van der Waals surface area (Å²) in [5.41, 5.74) is 5.94. The van der Waals surface area contributed by atoms with Crippen LogP contribution >= 0.6 is 0 Å². The summed E-state index contributed by atoms with van der Waals surface area (Å²) < 4.78 is 5.83. The molecule has 0 radical (unpaired) electrons. The Balaban J connectivity index is 1.98.